The Labute approximate surface area is 173 Å². The molecule has 1 atom stereocenters. The second-order valence-corrected chi connectivity index (χ2v) is 7.19. The highest BCUT2D eigenvalue weighted by Crippen LogP contribution is 2.06. The van der Waals surface area contributed by atoms with Gasteiger partial charge in [0, 0.05) is 18.9 Å². The lowest BCUT2D eigenvalue weighted by Crippen LogP contribution is -2.46. The van der Waals surface area contributed by atoms with Crippen molar-refractivity contribution in [1.82, 2.24) is 15.6 Å². The van der Waals surface area contributed by atoms with Crippen LogP contribution in [0, 0.1) is 0 Å². The first-order valence-electron chi connectivity index (χ1n) is 10.3. The van der Waals surface area contributed by atoms with E-state index in [2.05, 4.69) is 52.0 Å². The molecule has 4 nitrogen and oxygen atoms in total. The van der Waals surface area contributed by atoms with Crippen LogP contribution >= 0.6 is 0 Å². The van der Waals surface area contributed by atoms with Crippen molar-refractivity contribution < 1.29 is 4.79 Å². The zero-order valence-corrected chi connectivity index (χ0v) is 16.8. The molecule has 0 unspecified atom stereocenters. The highest BCUT2D eigenvalue weighted by Gasteiger charge is 2.17. The smallest absolute Gasteiger partial charge is 0.237 e. The quantitative estimate of drug-likeness (QED) is 0.495. The summed E-state index contributed by atoms with van der Waals surface area (Å²) in [4.78, 5) is 16.9. The molecule has 4 heteroatoms. The van der Waals surface area contributed by atoms with Gasteiger partial charge >= 0.3 is 0 Å². The number of aryl methyl sites for hydroxylation is 1. The summed E-state index contributed by atoms with van der Waals surface area (Å²) in [5, 5.41) is 6.54. The standard InChI is InChI=1S/C25H29N3O/c29-25(28-18-15-23-14-7-16-26-20-23)24(19-22-11-5-2-6-12-22)27-17-8-13-21-9-3-1-4-10-21/h1-7,9-12,14,16,20,24,27H,8,13,15,17-19H2,(H,28,29)/t24-/m0/s1. The zero-order valence-electron chi connectivity index (χ0n) is 16.8. The minimum absolute atomic E-state index is 0.0532. The number of nitrogens with one attached hydrogen (secondary N) is 2. The molecular weight excluding hydrogens is 358 g/mol. The summed E-state index contributed by atoms with van der Waals surface area (Å²) in [6.07, 6.45) is 7.08. The number of nitrogens with zero attached hydrogens (tertiary/aromatic N) is 1. The molecule has 0 radical (unpaired) electrons. The van der Waals surface area contributed by atoms with Crippen LogP contribution < -0.4 is 10.6 Å². The number of carbonyl (C=O) groups excluding carboxylic acids is 1. The summed E-state index contributed by atoms with van der Waals surface area (Å²) in [5.74, 6) is 0.0532. The van der Waals surface area contributed by atoms with Crippen molar-refractivity contribution >= 4 is 5.91 Å². The highest BCUT2D eigenvalue weighted by molar-refractivity contribution is 5.82. The Kier molecular flexibility index (Phi) is 8.42. The number of pyridine rings is 1. The molecule has 1 amide bonds. The molecule has 1 aromatic heterocycles. The molecule has 29 heavy (non-hydrogen) atoms. The maximum absolute atomic E-state index is 12.8. The van der Waals surface area contributed by atoms with E-state index in [0.717, 1.165) is 36.9 Å². The van der Waals surface area contributed by atoms with Crippen molar-refractivity contribution in [2.45, 2.75) is 31.7 Å². The van der Waals surface area contributed by atoms with Crippen LogP contribution in [0.4, 0.5) is 0 Å². The molecule has 2 aromatic carbocycles. The second-order valence-electron chi connectivity index (χ2n) is 7.19. The van der Waals surface area contributed by atoms with Gasteiger partial charge in [0.15, 0.2) is 0 Å². The van der Waals surface area contributed by atoms with E-state index in [9.17, 15) is 4.79 Å². The summed E-state index contributed by atoms with van der Waals surface area (Å²) in [6.45, 7) is 1.42. The van der Waals surface area contributed by atoms with Crippen LogP contribution in [0.25, 0.3) is 0 Å². The lowest BCUT2D eigenvalue weighted by atomic mass is 10.0. The molecule has 0 aliphatic heterocycles. The van der Waals surface area contributed by atoms with Gasteiger partial charge in [-0.3, -0.25) is 9.78 Å². The lowest BCUT2D eigenvalue weighted by molar-refractivity contribution is -0.123. The number of hydrogen-bond acceptors (Lipinski definition) is 3. The van der Waals surface area contributed by atoms with Gasteiger partial charge in [-0.1, -0.05) is 66.7 Å². The topological polar surface area (TPSA) is 54.0 Å². The largest absolute Gasteiger partial charge is 0.354 e. The number of rotatable bonds is 11. The predicted molar refractivity (Wildman–Crippen MR) is 118 cm³/mol. The van der Waals surface area contributed by atoms with Crippen molar-refractivity contribution in [1.29, 1.82) is 0 Å². The summed E-state index contributed by atoms with van der Waals surface area (Å²) in [6, 6.07) is 24.3. The molecule has 3 rings (SSSR count). The molecule has 0 aliphatic carbocycles. The molecule has 2 N–H and O–H groups in total. The van der Waals surface area contributed by atoms with Gasteiger partial charge in [-0.15, -0.1) is 0 Å². The molecule has 0 aliphatic rings. The summed E-state index contributed by atoms with van der Waals surface area (Å²) in [7, 11) is 0. The third kappa shape index (κ3) is 7.51. The van der Waals surface area contributed by atoms with E-state index in [1.807, 2.05) is 42.6 Å². The molecule has 0 saturated carbocycles. The third-order valence-corrected chi connectivity index (χ3v) is 4.91. The SMILES string of the molecule is O=C(NCCc1cccnc1)[C@H](Cc1ccccc1)NCCCc1ccccc1. The molecule has 150 valence electrons. The van der Waals surface area contributed by atoms with Gasteiger partial charge in [-0.25, -0.2) is 0 Å². The molecule has 0 saturated heterocycles. The summed E-state index contributed by atoms with van der Waals surface area (Å²) in [5.41, 5.74) is 3.62. The van der Waals surface area contributed by atoms with Crippen molar-refractivity contribution in [2.24, 2.45) is 0 Å². The van der Waals surface area contributed by atoms with E-state index in [0.29, 0.717) is 13.0 Å². The van der Waals surface area contributed by atoms with Crippen LogP contribution in [0.1, 0.15) is 23.1 Å². The number of carbonyl (C=O) groups is 1. The number of aromatic nitrogens is 1. The minimum Gasteiger partial charge on any atom is -0.354 e. The number of amides is 1. The van der Waals surface area contributed by atoms with Gasteiger partial charge in [-0.2, -0.15) is 0 Å². The molecular formula is C25H29N3O. The van der Waals surface area contributed by atoms with Gasteiger partial charge < -0.3 is 10.6 Å². The Morgan fingerprint density at radius 3 is 2.17 bits per heavy atom. The summed E-state index contributed by atoms with van der Waals surface area (Å²) < 4.78 is 0. The maximum Gasteiger partial charge on any atom is 0.237 e. The Hall–Kier alpha value is -2.98. The molecule has 0 bridgehead atoms. The van der Waals surface area contributed by atoms with Crippen molar-refractivity contribution in [3.05, 3.63) is 102 Å². The van der Waals surface area contributed by atoms with E-state index in [1.165, 1.54) is 5.56 Å². The molecule has 0 spiro atoms. The van der Waals surface area contributed by atoms with Gasteiger partial charge in [0.25, 0.3) is 0 Å². The van der Waals surface area contributed by atoms with Crippen LogP contribution in [0.3, 0.4) is 0 Å². The van der Waals surface area contributed by atoms with Gasteiger partial charge in [0.2, 0.25) is 5.91 Å². The van der Waals surface area contributed by atoms with Crippen molar-refractivity contribution in [3.63, 3.8) is 0 Å². The van der Waals surface area contributed by atoms with Crippen molar-refractivity contribution in [2.75, 3.05) is 13.1 Å². The average Bonchev–Trinajstić information content (AvgIpc) is 2.78. The third-order valence-electron chi connectivity index (χ3n) is 4.91. The molecule has 0 fully saturated rings. The van der Waals surface area contributed by atoms with Gasteiger partial charge in [0.05, 0.1) is 6.04 Å². The molecule has 1 heterocycles. The van der Waals surface area contributed by atoms with Crippen LogP contribution in [0.2, 0.25) is 0 Å². The fraction of sp³-hybridized carbons (Fsp3) is 0.280. The minimum atomic E-state index is -0.234. The Morgan fingerprint density at radius 1 is 0.793 bits per heavy atom. The fourth-order valence-corrected chi connectivity index (χ4v) is 3.32. The van der Waals surface area contributed by atoms with Crippen LogP contribution in [0.15, 0.2) is 85.2 Å². The van der Waals surface area contributed by atoms with E-state index < -0.39 is 0 Å². The fourth-order valence-electron chi connectivity index (χ4n) is 3.32. The predicted octanol–water partition coefficient (Wildman–Crippen LogP) is 3.57. The number of benzene rings is 2. The van der Waals surface area contributed by atoms with Crippen LogP contribution in [0.5, 0.6) is 0 Å². The monoisotopic (exact) mass is 387 g/mol. The van der Waals surface area contributed by atoms with Gasteiger partial charge in [-0.05, 0) is 55.0 Å². The van der Waals surface area contributed by atoms with Gasteiger partial charge in [0.1, 0.15) is 0 Å². The highest BCUT2D eigenvalue weighted by atomic mass is 16.2. The average molecular weight is 388 g/mol. The normalized spacial score (nSPS) is 11.7. The van der Waals surface area contributed by atoms with Crippen molar-refractivity contribution in [3.8, 4) is 0 Å². The molecule has 3 aromatic rings. The number of hydrogen-bond donors (Lipinski definition) is 2. The van der Waals surface area contributed by atoms with E-state index in [4.69, 9.17) is 0 Å². The second kappa shape index (κ2) is 11.8. The van der Waals surface area contributed by atoms with E-state index >= 15 is 0 Å². The first-order valence-corrected chi connectivity index (χ1v) is 10.3. The maximum atomic E-state index is 12.8. The Balaban J connectivity index is 1.49. The van der Waals surface area contributed by atoms with Crippen LogP contribution in [-0.4, -0.2) is 30.0 Å². The van der Waals surface area contributed by atoms with E-state index in [-0.39, 0.29) is 11.9 Å². The lowest BCUT2D eigenvalue weighted by Gasteiger charge is -2.19. The Morgan fingerprint density at radius 2 is 1.48 bits per heavy atom. The first kappa shape index (κ1) is 20.7. The Bertz CT molecular complexity index is 838. The zero-order chi connectivity index (χ0) is 20.2. The van der Waals surface area contributed by atoms with Crippen LogP contribution in [-0.2, 0) is 24.1 Å². The first-order chi connectivity index (χ1) is 14.3. The van der Waals surface area contributed by atoms with E-state index in [1.54, 1.807) is 6.20 Å². The summed E-state index contributed by atoms with van der Waals surface area (Å²) >= 11 is 0.